The Hall–Kier alpha value is -2.36. The topological polar surface area (TPSA) is 40.5 Å². The number of carbonyl (C=O) groups is 1. The van der Waals surface area contributed by atoms with Crippen molar-refractivity contribution < 1.29 is 14.3 Å². The van der Waals surface area contributed by atoms with Gasteiger partial charge in [-0.05, 0) is 30.7 Å². The molecule has 0 heterocycles. The van der Waals surface area contributed by atoms with Crippen LogP contribution in [-0.4, -0.2) is 18.1 Å². The number of aromatic hydroxyl groups is 1. The first-order valence-corrected chi connectivity index (χ1v) is 5.83. The highest BCUT2D eigenvalue weighted by molar-refractivity contribution is 6.08. The number of phenolic OH excluding ortho intramolecular Hbond substituents is 1. The quantitative estimate of drug-likeness (QED) is 0.900. The van der Waals surface area contributed by atoms with Gasteiger partial charge in [-0.3, -0.25) is 4.79 Å². The summed E-state index contributed by atoms with van der Waals surface area (Å²) in [5, 5.41) is 9.64. The lowest BCUT2D eigenvalue weighted by atomic mass is 10.1. The fraction of sp³-hybridized carbons (Fsp3) is 0.133. The molecule has 3 nitrogen and oxygen atoms in total. The highest BCUT2D eigenvalue weighted by Gasteiger charge is 2.21. The van der Waals surface area contributed by atoms with Crippen molar-refractivity contribution in [2.45, 2.75) is 6.92 Å². The van der Waals surface area contributed by atoms with Gasteiger partial charge < -0.3 is 10.0 Å². The van der Waals surface area contributed by atoms with Crippen molar-refractivity contribution in [3.63, 3.8) is 0 Å². The molecule has 0 bridgehead atoms. The number of benzene rings is 2. The van der Waals surface area contributed by atoms with Crippen LogP contribution in [0.2, 0.25) is 0 Å². The smallest absolute Gasteiger partial charge is 0.264 e. The standard InChI is InChI=1S/C15H14FNO2/c1-10-6-3-4-8-12(10)17(2)15(19)14-11(16)7-5-9-13(14)18/h3-9,18H,1-2H3. The minimum absolute atomic E-state index is 0.312. The Kier molecular flexibility index (Phi) is 3.51. The monoisotopic (exact) mass is 259 g/mol. The molecule has 98 valence electrons. The lowest BCUT2D eigenvalue weighted by Crippen LogP contribution is -2.27. The first kappa shape index (κ1) is 13.1. The molecule has 0 fully saturated rings. The number of carbonyl (C=O) groups excluding carboxylic acids is 1. The van der Waals surface area contributed by atoms with E-state index in [0.717, 1.165) is 11.6 Å². The molecule has 0 unspecified atom stereocenters. The molecule has 0 saturated heterocycles. The highest BCUT2D eigenvalue weighted by atomic mass is 19.1. The van der Waals surface area contributed by atoms with Gasteiger partial charge in [-0.15, -0.1) is 0 Å². The molecule has 1 N–H and O–H groups in total. The third-order valence-electron chi connectivity index (χ3n) is 2.99. The van der Waals surface area contributed by atoms with Crippen LogP contribution in [0.5, 0.6) is 5.75 Å². The van der Waals surface area contributed by atoms with E-state index in [4.69, 9.17) is 0 Å². The Labute approximate surface area is 110 Å². The van der Waals surface area contributed by atoms with Gasteiger partial charge in [0.2, 0.25) is 0 Å². The SMILES string of the molecule is Cc1ccccc1N(C)C(=O)c1c(O)cccc1F. The summed E-state index contributed by atoms with van der Waals surface area (Å²) in [5.74, 6) is -1.67. The summed E-state index contributed by atoms with van der Waals surface area (Å²) < 4.78 is 13.7. The summed E-state index contributed by atoms with van der Waals surface area (Å²) in [6.07, 6.45) is 0. The van der Waals surface area contributed by atoms with Crippen LogP contribution in [0.1, 0.15) is 15.9 Å². The first-order valence-electron chi connectivity index (χ1n) is 5.83. The van der Waals surface area contributed by atoms with Crippen molar-refractivity contribution in [3.05, 3.63) is 59.4 Å². The number of phenols is 1. The van der Waals surface area contributed by atoms with E-state index in [2.05, 4.69) is 0 Å². The van der Waals surface area contributed by atoms with Gasteiger partial charge in [-0.2, -0.15) is 0 Å². The summed E-state index contributed by atoms with van der Waals surface area (Å²) in [7, 11) is 1.55. The Morgan fingerprint density at radius 2 is 1.84 bits per heavy atom. The van der Waals surface area contributed by atoms with E-state index >= 15 is 0 Å². The van der Waals surface area contributed by atoms with Crippen molar-refractivity contribution in [1.29, 1.82) is 0 Å². The van der Waals surface area contributed by atoms with Gasteiger partial charge in [0, 0.05) is 12.7 Å². The van der Waals surface area contributed by atoms with Crippen LogP contribution in [-0.2, 0) is 0 Å². The average molecular weight is 259 g/mol. The molecule has 1 amide bonds. The molecule has 0 aromatic heterocycles. The molecule has 0 spiro atoms. The number of hydrogen-bond acceptors (Lipinski definition) is 2. The summed E-state index contributed by atoms with van der Waals surface area (Å²) in [6, 6.07) is 11.1. The molecular formula is C15H14FNO2. The van der Waals surface area contributed by atoms with Crippen LogP contribution in [0.4, 0.5) is 10.1 Å². The number of hydrogen-bond donors (Lipinski definition) is 1. The lowest BCUT2D eigenvalue weighted by Gasteiger charge is -2.20. The molecule has 0 radical (unpaired) electrons. The zero-order valence-electron chi connectivity index (χ0n) is 10.7. The van der Waals surface area contributed by atoms with Crippen molar-refractivity contribution in [2.75, 3.05) is 11.9 Å². The average Bonchev–Trinajstić information content (AvgIpc) is 2.38. The van der Waals surface area contributed by atoms with Crippen molar-refractivity contribution in [3.8, 4) is 5.75 Å². The number of nitrogens with zero attached hydrogens (tertiary/aromatic N) is 1. The fourth-order valence-corrected chi connectivity index (χ4v) is 1.94. The van der Waals surface area contributed by atoms with Crippen LogP contribution in [0.3, 0.4) is 0 Å². The molecule has 2 rings (SSSR count). The molecule has 0 aliphatic carbocycles. The maximum Gasteiger partial charge on any atom is 0.264 e. The third kappa shape index (κ3) is 2.42. The van der Waals surface area contributed by atoms with Crippen molar-refractivity contribution in [2.24, 2.45) is 0 Å². The molecule has 4 heteroatoms. The summed E-state index contributed by atoms with van der Waals surface area (Å²) in [5.41, 5.74) is 1.26. The van der Waals surface area contributed by atoms with Crippen LogP contribution >= 0.6 is 0 Å². The van der Waals surface area contributed by atoms with E-state index in [9.17, 15) is 14.3 Å². The normalized spacial score (nSPS) is 10.3. The van der Waals surface area contributed by atoms with E-state index in [1.54, 1.807) is 19.2 Å². The predicted molar refractivity (Wildman–Crippen MR) is 72.0 cm³/mol. The Morgan fingerprint density at radius 3 is 2.47 bits per heavy atom. The molecule has 0 saturated carbocycles. The van der Waals surface area contributed by atoms with Gasteiger partial charge in [0.1, 0.15) is 17.1 Å². The van der Waals surface area contributed by atoms with Gasteiger partial charge in [0.05, 0.1) is 0 Å². The van der Waals surface area contributed by atoms with Crippen molar-refractivity contribution >= 4 is 11.6 Å². The zero-order valence-corrected chi connectivity index (χ0v) is 10.7. The minimum Gasteiger partial charge on any atom is -0.507 e. The Bertz CT molecular complexity index is 605. The van der Waals surface area contributed by atoms with Crippen LogP contribution in [0.15, 0.2) is 42.5 Å². The predicted octanol–water partition coefficient (Wildman–Crippen LogP) is 3.12. The first-order chi connectivity index (χ1) is 9.02. The number of para-hydroxylation sites is 1. The van der Waals surface area contributed by atoms with Gasteiger partial charge in [-0.25, -0.2) is 4.39 Å². The van der Waals surface area contributed by atoms with Crippen molar-refractivity contribution in [1.82, 2.24) is 0 Å². The fourth-order valence-electron chi connectivity index (χ4n) is 1.94. The maximum absolute atomic E-state index is 13.7. The Morgan fingerprint density at radius 1 is 1.16 bits per heavy atom. The summed E-state index contributed by atoms with van der Waals surface area (Å²) in [6.45, 7) is 1.86. The third-order valence-corrected chi connectivity index (χ3v) is 2.99. The second-order valence-corrected chi connectivity index (χ2v) is 4.28. The molecule has 2 aromatic rings. The van der Waals surface area contributed by atoms with Gasteiger partial charge in [0.25, 0.3) is 5.91 Å². The Balaban J connectivity index is 2.43. The highest BCUT2D eigenvalue weighted by Crippen LogP contribution is 2.25. The summed E-state index contributed by atoms with van der Waals surface area (Å²) >= 11 is 0. The minimum atomic E-state index is -0.731. The zero-order chi connectivity index (χ0) is 14.0. The molecule has 2 aromatic carbocycles. The van der Waals surface area contributed by atoms with E-state index < -0.39 is 11.7 Å². The van der Waals surface area contributed by atoms with Crippen LogP contribution < -0.4 is 4.90 Å². The van der Waals surface area contributed by atoms with Gasteiger partial charge in [0.15, 0.2) is 0 Å². The van der Waals surface area contributed by atoms with E-state index in [-0.39, 0.29) is 11.3 Å². The molecule has 19 heavy (non-hydrogen) atoms. The molecule has 0 aliphatic heterocycles. The largest absolute Gasteiger partial charge is 0.507 e. The maximum atomic E-state index is 13.7. The number of anilines is 1. The second kappa shape index (κ2) is 5.10. The number of rotatable bonds is 2. The molecule has 0 aliphatic rings. The van der Waals surface area contributed by atoms with E-state index in [1.165, 1.54) is 17.0 Å². The molecular weight excluding hydrogens is 245 g/mol. The number of amides is 1. The van der Waals surface area contributed by atoms with Gasteiger partial charge >= 0.3 is 0 Å². The van der Waals surface area contributed by atoms with Crippen LogP contribution in [0.25, 0.3) is 0 Å². The molecule has 0 atom stereocenters. The van der Waals surface area contributed by atoms with E-state index in [0.29, 0.717) is 5.69 Å². The van der Waals surface area contributed by atoms with E-state index in [1.807, 2.05) is 19.1 Å². The summed E-state index contributed by atoms with van der Waals surface area (Å²) in [4.78, 5) is 13.6. The number of halogens is 1. The second-order valence-electron chi connectivity index (χ2n) is 4.28. The van der Waals surface area contributed by atoms with Crippen LogP contribution in [0, 0.1) is 12.7 Å². The number of aryl methyl sites for hydroxylation is 1. The lowest BCUT2D eigenvalue weighted by molar-refractivity contribution is 0.0986. The van der Waals surface area contributed by atoms with Gasteiger partial charge in [-0.1, -0.05) is 24.3 Å².